The lowest BCUT2D eigenvalue weighted by atomic mass is 10.0. The number of carbonyl (C=O) groups excluding carboxylic acids is 8. The summed E-state index contributed by atoms with van der Waals surface area (Å²) >= 11 is 0. The number of aliphatic hydroxyl groups excluding tert-OH is 1. The van der Waals surface area contributed by atoms with Crippen molar-refractivity contribution in [2.24, 2.45) is 17.4 Å². The van der Waals surface area contributed by atoms with Gasteiger partial charge < -0.3 is 84.2 Å². The molecule has 77 heavy (non-hydrogen) atoms. The normalized spacial score (nSPS) is 15.4. The fourth-order valence-electron chi connectivity index (χ4n) is 8.63. The van der Waals surface area contributed by atoms with Gasteiger partial charge in [-0.25, -0.2) is 4.98 Å². The third kappa shape index (κ3) is 18.3. The van der Waals surface area contributed by atoms with Gasteiger partial charge in [-0.2, -0.15) is 0 Å². The van der Waals surface area contributed by atoms with Crippen LogP contribution in [0.4, 0.5) is 0 Å². The number of hydrogen-bond donors (Lipinski definition) is 16. The smallest absolute Gasteiger partial charge is 0.322 e. The minimum Gasteiger partial charge on any atom is -0.508 e. The number of carboxylic acids is 1. The molecule has 0 spiro atoms. The van der Waals surface area contributed by atoms with Crippen molar-refractivity contribution in [2.45, 2.75) is 108 Å². The van der Waals surface area contributed by atoms with E-state index in [1.54, 1.807) is 32.3 Å². The van der Waals surface area contributed by atoms with Gasteiger partial charge >= 0.3 is 5.97 Å². The summed E-state index contributed by atoms with van der Waals surface area (Å²) in [4.78, 5) is 132. The Bertz CT molecular complexity index is 2700. The molecular weight excluding hydrogens is 1000 g/mol. The van der Waals surface area contributed by atoms with Crippen LogP contribution in [0, 0.1) is 11.3 Å². The lowest BCUT2D eigenvalue weighted by molar-refractivity contribution is -0.143. The molecule has 5 rings (SSSR count). The molecule has 8 amide bonds. The van der Waals surface area contributed by atoms with E-state index in [0.717, 1.165) is 10.9 Å². The third-order valence-corrected chi connectivity index (χ3v) is 12.5. The summed E-state index contributed by atoms with van der Waals surface area (Å²) in [5.74, 6) is -8.27. The molecule has 1 fully saturated rings. The van der Waals surface area contributed by atoms with Gasteiger partial charge in [0.15, 0.2) is 5.96 Å². The number of aliphatic hydroxyl groups is 1. The molecule has 0 unspecified atom stereocenters. The Kier molecular flexibility index (Phi) is 22.3. The molecule has 416 valence electrons. The molecular formula is C50H69N15O12. The summed E-state index contributed by atoms with van der Waals surface area (Å²) in [6.07, 6.45) is 5.41. The molecule has 0 bridgehead atoms. The lowest BCUT2D eigenvalue weighted by Crippen LogP contribution is -2.60. The maximum Gasteiger partial charge on any atom is 0.322 e. The number of aliphatic carboxylic acids is 1. The Hall–Kier alpha value is -8.59. The van der Waals surface area contributed by atoms with E-state index in [1.807, 2.05) is 18.2 Å². The summed E-state index contributed by atoms with van der Waals surface area (Å²) in [6.45, 7) is 1.53. The molecule has 1 saturated heterocycles. The number of aromatic hydroxyl groups is 1. The predicted octanol–water partition coefficient (Wildman–Crippen LogP) is -3.01. The van der Waals surface area contributed by atoms with E-state index >= 15 is 0 Å². The molecule has 7 atom stereocenters. The molecule has 18 N–H and O–H groups in total. The average molecular weight is 1070 g/mol. The molecule has 4 aromatic rings. The number of aromatic amines is 2. The van der Waals surface area contributed by atoms with Gasteiger partial charge in [0.05, 0.1) is 31.2 Å². The highest BCUT2D eigenvalue weighted by Crippen LogP contribution is 2.22. The molecule has 2 aromatic heterocycles. The van der Waals surface area contributed by atoms with Gasteiger partial charge in [-0.1, -0.05) is 44.2 Å². The van der Waals surface area contributed by atoms with Gasteiger partial charge in [0, 0.05) is 55.6 Å². The van der Waals surface area contributed by atoms with E-state index in [9.17, 15) is 53.4 Å². The number of phenolic OH excluding ortho intramolecular Hbond substituents is 1. The Morgan fingerprint density at radius 1 is 0.779 bits per heavy atom. The van der Waals surface area contributed by atoms with Crippen LogP contribution in [0.15, 0.2) is 67.3 Å². The lowest BCUT2D eigenvalue weighted by Gasteiger charge is -2.30. The number of nitrogens with one attached hydrogen (secondary N) is 11. The number of hydrogen-bond acceptors (Lipinski definition) is 14. The first-order chi connectivity index (χ1) is 36.7. The van der Waals surface area contributed by atoms with Crippen LogP contribution < -0.4 is 54.0 Å². The van der Waals surface area contributed by atoms with Crippen molar-refractivity contribution in [3.63, 3.8) is 0 Å². The van der Waals surface area contributed by atoms with Gasteiger partial charge in [0.2, 0.25) is 47.3 Å². The van der Waals surface area contributed by atoms with Crippen LogP contribution in [0.3, 0.4) is 0 Å². The van der Waals surface area contributed by atoms with Crippen LogP contribution in [0.5, 0.6) is 5.75 Å². The fraction of sp³-hybridized carbons (Fsp3) is 0.460. The number of carbonyl (C=O) groups is 9. The fourth-order valence-corrected chi connectivity index (χ4v) is 8.63. The number of carboxylic acid groups (broad SMARTS) is 1. The summed E-state index contributed by atoms with van der Waals surface area (Å²) in [5.41, 5.74) is 14.0. The third-order valence-electron chi connectivity index (χ3n) is 12.5. The monoisotopic (exact) mass is 1070 g/mol. The number of aromatic nitrogens is 3. The number of para-hydroxylation sites is 1. The van der Waals surface area contributed by atoms with E-state index in [2.05, 4.69) is 57.5 Å². The molecule has 27 heteroatoms. The Morgan fingerprint density at radius 3 is 2.12 bits per heavy atom. The van der Waals surface area contributed by atoms with Crippen LogP contribution in [0.1, 0.15) is 62.8 Å². The highest BCUT2D eigenvalue weighted by molar-refractivity contribution is 5.98. The number of nitrogens with zero attached hydrogens (tertiary/aromatic N) is 2. The van der Waals surface area contributed by atoms with Crippen molar-refractivity contribution in [1.82, 2.24) is 62.4 Å². The number of fused-ring (bicyclic) bond motifs is 1. The van der Waals surface area contributed by atoms with E-state index < -0.39 is 115 Å². The zero-order valence-corrected chi connectivity index (χ0v) is 42.7. The molecule has 1 aliphatic heterocycles. The van der Waals surface area contributed by atoms with Crippen LogP contribution in [-0.4, -0.2) is 169 Å². The van der Waals surface area contributed by atoms with Gasteiger partial charge in [-0.3, -0.25) is 48.6 Å². The molecule has 27 nitrogen and oxygen atoms in total. The zero-order chi connectivity index (χ0) is 56.2. The van der Waals surface area contributed by atoms with Crippen LogP contribution >= 0.6 is 0 Å². The van der Waals surface area contributed by atoms with Crippen LogP contribution in [0.2, 0.25) is 0 Å². The first kappa shape index (κ1) is 59.3. The second kappa shape index (κ2) is 28.9. The molecule has 0 saturated carbocycles. The average Bonchev–Trinajstić information content (AvgIpc) is 4.19. The van der Waals surface area contributed by atoms with Crippen molar-refractivity contribution in [3.05, 3.63) is 84.1 Å². The standard InChI is InChI=1S/C50H69N15O12/c1-27(2)17-36(45(73)61-35(9-5-15-55-50(52)53)49(77)65-16-6-10-40(65)48(76)58-24-42(69)70)60-41(68)23-57-44(72)37(18-28-11-13-31(67)14-12-28)63-47(75)39(25-66)64-46(74)38(19-29-21-56-34-8-4-3-7-32(29)34)62-43(71)33(51)20-30-22-54-26-59-30/h3-4,7-8,11-14,21-22,26-27,33,35-40,56,66-67H,5-6,9-10,15-20,23-25,51H2,1-2H3,(H,54,59)(H,57,72)(H,58,76)(H,60,68)(H,61,73)(H,62,71)(H,63,75)(H,64,74)(H,69,70)(H4,52,53,55)/t33-,35-,36-,37-,38-,39-,40-/m0/s1. The zero-order valence-electron chi connectivity index (χ0n) is 42.7. The summed E-state index contributed by atoms with van der Waals surface area (Å²) in [5, 5.41) is 58.0. The van der Waals surface area contributed by atoms with E-state index in [1.165, 1.54) is 35.5 Å². The number of imidazole rings is 1. The van der Waals surface area contributed by atoms with Crippen molar-refractivity contribution in [3.8, 4) is 5.75 Å². The Labute approximate surface area is 442 Å². The van der Waals surface area contributed by atoms with E-state index in [0.29, 0.717) is 23.2 Å². The number of rotatable bonds is 29. The highest BCUT2D eigenvalue weighted by atomic mass is 16.4. The van der Waals surface area contributed by atoms with Crippen molar-refractivity contribution < 1.29 is 58.5 Å². The number of H-pyrrole nitrogens is 2. The van der Waals surface area contributed by atoms with E-state index in [-0.39, 0.29) is 75.7 Å². The Morgan fingerprint density at radius 2 is 1.44 bits per heavy atom. The van der Waals surface area contributed by atoms with Crippen molar-refractivity contribution >= 4 is 70.1 Å². The molecule has 3 heterocycles. The van der Waals surface area contributed by atoms with Gasteiger partial charge in [-0.05, 0) is 67.3 Å². The number of guanidine groups is 1. The minimum absolute atomic E-state index is 0.0161. The summed E-state index contributed by atoms with van der Waals surface area (Å²) in [6, 6.07) is 3.86. The van der Waals surface area contributed by atoms with Gasteiger partial charge in [0.25, 0.3) is 0 Å². The molecule has 0 radical (unpaired) electrons. The van der Waals surface area contributed by atoms with Gasteiger partial charge in [0.1, 0.15) is 48.5 Å². The highest BCUT2D eigenvalue weighted by Gasteiger charge is 2.39. The summed E-state index contributed by atoms with van der Waals surface area (Å²) < 4.78 is 0. The number of likely N-dealkylation sites (tertiary alicyclic amines) is 1. The number of benzene rings is 2. The van der Waals surface area contributed by atoms with Crippen molar-refractivity contribution in [2.75, 3.05) is 32.8 Å². The van der Waals surface area contributed by atoms with Crippen LogP contribution in [-0.2, 0) is 62.4 Å². The molecule has 2 aromatic carbocycles. The van der Waals surface area contributed by atoms with E-state index in [4.69, 9.17) is 22.0 Å². The number of amides is 8. The topological polar surface area (TPSA) is 434 Å². The first-order valence-corrected chi connectivity index (χ1v) is 25.1. The van der Waals surface area contributed by atoms with Crippen LogP contribution in [0.25, 0.3) is 10.9 Å². The first-order valence-electron chi connectivity index (χ1n) is 25.1. The molecule has 1 aliphatic rings. The largest absolute Gasteiger partial charge is 0.508 e. The quantitative estimate of drug-likeness (QED) is 0.0146. The SMILES string of the molecule is CC(C)C[C@H](NC(=O)CNC(=O)[C@H](Cc1ccc(O)cc1)NC(=O)[C@H](CO)NC(=O)[C@H](Cc1c[nH]c2ccccc12)NC(=O)[C@@H](N)Cc1c[nH]cn1)C(=O)N[C@@H](CCCNC(=N)N)C(=O)N1CCC[C@H]1C(=O)NCC(=O)O. The maximum absolute atomic E-state index is 14.1. The number of phenols is 1. The number of nitrogens with two attached hydrogens (primary N) is 2. The second-order valence-electron chi connectivity index (χ2n) is 19.0. The predicted molar refractivity (Wildman–Crippen MR) is 278 cm³/mol. The van der Waals surface area contributed by atoms with Crippen molar-refractivity contribution in [1.29, 1.82) is 5.41 Å². The summed E-state index contributed by atoms with van der Waals surface area (Å²) in [7, 11) is 0. The Balaban J connectivity index is 1.28. The van der Waals surface area contributed by atoms with Gasteiger partial charge in [-0.15, -0.1) is 0 Å². The second-order valence-corrected chi connectivity index (χ2v) is 19.0. The molecule has 0 aliphatic carbocycles. The minimum atomic E-state index is -1.68. The maximum atomic E-state index is 14.1.